The van der Waals surface area contributed by atoms with E-state index in [9.17, 15) is 18.5 Å². The fourth-order valence-electron chi connectivity index (χ4n) is 2.74. The molecule has 1 aliphatic heterocycles. The van der Waals surface area contributed by atoms with E-state index in [1.165, 1.54) is 28.0 Å². The molecule has 9 heteroatoms. The normalized spacial score (nSPS) is 16.1. The molecule has 26 heavy (non-hydrogen) atoms. The maximum Gasteiger partial charge on any atom is 0.311 e. The standard InChI is InChI=1S/C17H18N4O4S/c22-21(23)16-7-4-9-18-17(16)19-10-12-20(13-11-19)26(24,25)14-8-15-5-2-1-3-6-15/h1-9,14H,10-13H2/b14-8-. The lowest BCUT2D eigenvalue weighted by Crippen LogP contribution is -2.48. The Morgan fingerprint density at radius 1 is 1.04 bits per heavy atom. The van der Waals surface area contributed by atoms with E-state index in [0.717, 1.165) is 5.56 Å². The lowest BCUT2D eigenvalue weighted by Gasteiger charge is -2.33. The Bertz CT molecular complexity index is 907. The van der Waals surface area contributed by atoms with Crippen LogP contribution in [0.4, 0.5) is 11.5 Å². The maximum absolute atomic E-state index is 12.5. The van der Waals surface area contributed by atoms with Gasteiger partial charge in [0, 0.05) is 43.9 Å². The average molecular weight is 374 g/mol. The van der Waals surface area contributed by atoms with E-state index in [2.05, 4.69) is 4.98 Å². The average Bonchev–Trinajstić information content (AvgIpc) is 2.67. The van der Waals surface area contributed by atoms with Gasteiger partial charge >= 0.3 is 5.69 Å². The topological polar surface area (TPSA) is 96.7 Å². The Morgan fingerprint density at radius 2 is 1.73 bits per heavy atom. The van der Waals surface area contributed by atoms with Crippen molar-refractivity contribution in [1.82, 2.24) is 9.29 Å². The van der Waals surface area contributed by atoms with Gasteiger partial charge in [0.1, 0.15) is 0 Å². The van der Waals surface area contributed by atoms with Crippen LogP contribution in [0.3, 0.4) is 0 Å². The van der Waals surface area contributed by atoms with Crippen LogP contribution in [0.1, 0.15) is 5.56 Å². The molecule has 0 saturated carbocycles. The van der Waals surface area contributed by atoms with Crippen molar-refractivity contribution in [1.29, 1.82) is 0 Å². The second-order valence-electron chi connectivity index (χ2n) is 5.75. The zero-order chi connectivity index (χ0) is 18.6. The molecule has 2 aromatic rings. The smallest absolute Gasteiger partial charge is 0.311 e. The molecule has 1 aromatic heterocycles. The predicted octanol–water partition coefficient (Wildman–Crippen LogP) is 2.11. The van der Waals surface area contributed by atoms with Crippen LogP contribution in [0.5, 0.6) is 0 Å². The highest BCUT2D eigenvalue weighted by Gasteiger charge is 2.28. The first-order chi connectivity index (χ1) is 12.5. The van der Waals surface area contributed by atoms with Gasteiger partial charge < -0.3 is 4.90 Å². The number of nitro groups is 1. The number of hydrogen-bond acceptors (Lipinski definition) is 6. The Hall–Kier alpha value is -2.78. The van der Waals surface area contributed by atoms with Gasteiger partial charge in [-0.05, 0) is 17.7 Å². The molecule has 8 nitrogen and oxygen atoms in total. The van der Waals surface area contributed by atoms with E-state index < -0.39 is 14.9 Å². The molecule has 2 heterocycles. The number of aromatic nitrogens is 1. The van der Waals surface area contributed by atoms with Crippen LogP contribution in [0, 0.1) is 10.1 Å². The van der Waals surface area contributed by atoms with Gasteiger partial charge in [0.15, 0.2) is 0 Å². The van der Waals surface area contributed by atoms with Crippen LogP contribution >= 0.6 is 0 Å². The summed E-state index contributed by atoms with van der Waals surface area (Å²) in [7, 11) is -3.54. The number of sulfonamides is 1. The summed E-state index contributed by atoms with van der Waals surface area (Å²) in [5.41, 5.74) is 0.728. The van der Waals surface area contributed by atoms with Crippen molar-refractivity contribution in [3.05, 3.63) is 69.7 Å². The second kappa shape index (κ2) is 7.63. The minimum Gasteiger partial charge on any atom is -0.348 e. The quantitative estimate of drug-likeness (QED) is 0.587. The number of piperazine rings is 1. The van der Waals surface area contributed by atoms with Gasteiger partial charge in [0.25, 0.3) is 0 Å². The number of hydrogen-bond donors (Lipinski definition) is 0. The van der Waals surface area contributed by atoms with Crippen molar-refractivity contribution in [3.63, 3.8) is 0 Å². The SMILES string of the molecule is O=[N+]([O-])c1cccnc1N1CCN(S(=O)(=O)/C=C\c2ccccc2)CC1. The summed E-state index contributed by atoms with van der Waals surface area (Å²) in [6, 6.07) is 12.1. The molecule has 1 aliphatic rings. The van der Waals surface area contributed by atoms with E-state index >= 15 is 0 Å². The molecule has 1 fully saturated rings. The minimum absolute atomic E-state index is 0.0761. The largest absolute Gasteiger partial charge is 0.348 e. The molecule has 0 amide bonds. The minimum atomic E-state index is -3.54. The molecule has 0 atom stereocenters. The zero-order valence-electron chi connectivity index (χ0n) is 13.9. The van der Waals surface area contributed by atoms with Gasteiger partial charge in [-0.1, -0.05) is 30.3 Å². The predicted molar refractivity (Wildman–Crippen MR) is 99.1 cm³/mol. The van der Waals surface area contributed by atoms with Crippen LogP contribution in [-0.4, -0.2) is 48.8 Å². The number of benzene rings is 1. The molecule has 1 saturated heterocycles. The number of pyridine rings is 1. The lowest BCUT2D eigenvalue weighted by molar-refractivity contribution is -0.384. The van der Waals surface area contributed by atoms with Gasteiger partial charge in [-0.25, -0.2) is 13.4 Å². The summed E-state index contributed by atoms with van der Waals surface area (Å²) in [6.45, 7) is 1.18. The third-order valence-corrected chi connectivity index (χ3v) is 5.66. The number of nitrogens with zero attached hydrogens (tertiary/aromatic N) is 4. The summed E-state index contributed by atoms with van der Waals surface area (Å²) < 4.78 is 26.3. The monoisotopic (exact) mass is 374 g/mol. The summed E-state index contributed by atoms with van der Waals surface area (Å²) in [5.74, 6) is 0.273. The second-order valence-corrected chi connectivity index (χ2v) is 7.57. The third-order valence-electron chi connectivity index (χ3n) is 4.09. The van der Waals surface area contributed by atoms with E-state index in [4.69, 9.17) is 0 Å². The molecule has 0 bridgehead atoms. The fourth-order valence-corrected chi connectivity index (χ4v) is 3.92. The molecule has 136 valence electrons. The Balaban J connectivity index is 1.68. The van der Waals surface area contributed by atoms with E-state index in [-0.39, 0.29) is 24.6 Å². The Morgan fingerprint density at radius 3 is 2.38 bits per heavy atom. The Labute approximate surface area is 151 Å². The van der Waals surface area contributed by atoms with Crippen molar-refractivity contribution >= 4 is 27.6 Å². The zero-order valence-corrected chi connectivity index (χ0v) is 14.7. The number of rotatable bonds is 5. The van der Waals surface area contributed by atoms with Gasteiger partial charge in [-0.2, -0.15) is 4.31 Å². The van der Waals surface area contributed by atoms with E-state index in [1.54, 1.807) is 11.0 Å². The molecular formula is C17H18N4O4S. The third kappa shape index (κ3) is 4.06. The highest BCUT2D eigenvalue weighted by molar-refractivity contribution is 7.92. The van der Waals surface area contributed by atoms with Crippen LogP contribution in [0.25, 0.3) is 6.08 Å². The van der Waals surface area contributed by atoms with E-state index in [0.29, 0.717) is 13.1 Å². The van der Waals surface area contributed by atoms with Crippen molar-refractivity contribution in [2.45, 2.75) is 0 Å². The Kier molecular flexibility index (Phi) is 5.29. The molecule has 0 aliphatic carbocycles. The molecule has 3 rings (SSSR count). The van der Waals surface area contributed by atoms with Gasteiger partial charge in [-0.15, -0.1) is 0 Å². The number of anilines is 1. The van der Waals surface area contributed by atoms with Gasteiger partial charge in [0.2, 0.25) is 15.8 Å². The molecule has 0 radical (unpaired) electrons. The first-order valence-corrected chi connectivity index (χ1v) is 9.55. The maximum atomic E-state index is 12.5. The first-order valence-electron chi connectivity index (χ1n) is 8.05. The lowest BCUT2D eigenvalue weighted by atomic mass is 10.2. The summed E-state index contributed by atoms with van der Waals surface area (Å²) >= 11 is 0. The fraction of sp³-hybridized carbons (Fsp3) is 0.235. The molecule has 1 aromatic carbocycles. The molecular weight excluding hydrogens is 356 g/mol. The van der Waals surface area contributed by atoms with Crippen LogP contribution in [0.15, 0.2) is 54.1 Å². The first kappa shape index (κ1) is 18.0. The van der Waals surface area contributed by atoms with Gasteiger partial charge in [-0.3, -0.25) is 10.1 Å². The highest BCUT2D eigenvalue weighted by Crippen LogP contribution is 2.26. The summed E-state index contributed by atoms with van der Waals surface area (Å²) in [6.07, 6.45) is 3.05. The van der Waals surface area contributed by atoms with Crippen LogP contribution in [-0.2, 0) is 10.0 Å². The highest BCUT2D eigenvalue weighted by atomic mass is 32.2. The van der Waals surface area contributed by atoms with Crippen molar-refractivity contribution in [3.8, 4) is 0 Å². The van der Waals surface area contributed by atoms with Crippen LogP contribution < -0.4 is 4.90 Å². The molecule has 0 N–H and O–H groups in total. The van der Waals surface area contributed by atoms with Crippen molar-refractivity contribution < 1.29 is 13.3 Å². The van der Waals surface area contributed by atoms with Crippen LogP contribution in [0.2, 0.25) is 0 Å². The molecule has 0 unspecified atom stereocenters. The van der Waals surface area contributed by atoms with Gasteiger partial charge in [0.05, 0.1) is 4.92 Å². The van der Waals surface area contributed by atoms with E-state index in [1.807, 2.05) is 30.3 Å². The van der Waals surface area contributed by atoms with Crippen molar-refractivity contribution in [2.75, 3.05) is 31.1 Å². The van der Waals surface area contributed by atoms with Crippen molar-refractivity contribution in [2.24, 2.45) is 0 Å². The summed E-state index contributed by atoms with van der Waals surface area (Å²) in [4.78, 5) is 16.5. The molecule has 0 spiro atoms. The summed E-state index contributed by atoms with van der Waals surface area (Å²) in [5, 5.41) is 12.3.